The lowest BCUT2D eigenvalue weighted by Crippen LogP contribution is -2.36. The molecule has 0 spiro atoms. The Labute approximate surface area is 126 Å². The van der Waals surface area contributed by atoms with Crippen molar-refractivity contribution >= 4 is 11.6 Å². The molecule has 0 atom stereocenters. The number of halogens is 1. The Balaban J connectivity index is 1.81. The van der Waals surface area contributed by atoms with E-state index in [9.17, 15) is 0 Å². The molecule has 2 aliphatic rings. The normalized spacial score (nSPS) is 18.6. The van der Waals surface area contributed by atoms with Crippen LogP contribution in [0.5, 0.6) is 5.75 Å². The first-order valence-electron chi connectivity index (χ1n) is 7.66. The molecule has 0 bridgehead atoms. The number of nitrogens with two attached hydrogens (primary N) is 1. The summed E-state index contributed by atoms with van der Waals surface area (Å²) in [6.07, 6.45) is 6.25. The third-order valence-electron chi connectivity index (χ3n) is 4.46. The van der Waals surface area contributed by atoms with Gasteiger partial charge in [-0.05, 0) is 30.5 Å². The molecule has 1 aromatic rings. The first-order chi connectivity index (χ1) is 9.78. The number of rotatable bonds is 5. The quantitative estimate of drug-likeness (QED) is 0.907. The van der Waals surface area contributed by atoms with Crippen LogP contribution in [0.15, 0.2) is 12.1 Å². The average Bonchev–Trinajstić information content (AvgIpc) is 3.08. The topological polar surface area (TPSA) is 38.5 Å². The van der Waals surface area contributed by atoms with Crippen molar-refractivity contribution in [1.82, 2.24) is 4.90 Å². The van der Waals surface area contributed by atoms with E-state index in [1.54, 1.807) is 0 Å². The highest BCUT2D eigenvalue weighted by Gasteiger charge is 2.25. The van der Waals surface area contributed by atoms with Crippen LogP contribution in [0.4, 0.5) is 0 Å². The van der Waals surface area contributed by atoms with Gasteiger partial charge in [-0.3, -0.25) is 4.90 Å². The summed E-state index contributed by atoms with van der Waals surface area (Å²) < 4.78 is 5.81. The number of benzene rings is 1. The second kappa shape index (κ2) is 6.33. The van der Waals surface area contributed by atoms with Crippen LogP contribution in [0.1, 0.15) is 36.8 Å². The summed E-state index contributed by atoms with van der Waals surface area (Å²) in [4.78, 5) is 2.51. The number of hydrogen-bond donors (Lipinski definition) is 1. The molecule has 1 heterocycles. The lowest BCUT2D eigenvalue weighted by molar-refractivity contribution is 0.192. The Morgan fingerprint density at radius 1 is 1.30 bits per heavy atom. The zero-order chi connectivity index (χ0) is 13.9. The van der Waals surface area contributed by atoms with Gasteiger partial charge in [0.15, 0.2) is 0 Å². The highest BCUT2D eigenvalue weighted by atomic mass is 35.5. The molecule has 0 aromatic heterocycles. The molecular formula is C16H23ClN2O. The van der Waals surface area contributed by atoms with Gasteiger partial charge in [0, 0.05) is 42.7 Å². The molecule has 4 heteroatoms. The van der Waals surface area contributed by atoms with Crippen LogP contribution in [-0.4, -0.2) is 30.6 Å². The van der Waals surface area contributed by atoms with E-state index in [-0.39, 0.29) is 0 Å². The van der Waals surface area contributed by atoms with E-state index in [2.05, 4.69) is 11.0 Å². The summed E-state index contributed by atoms with van der Waals surface area (Å²) in [5.41, 5.74) is 8.28. The van der Waals surface area contributed by atoms with Gasteiger partial charge in [-0.25, -0.2) is 0 Å². The lowest BCUT2D eigenvalue weighted by Gasteiger charge is -2.29. The van der Waals surface area contributed by atoms with Crippen molar-refractivity contribution in [3.8, 4) is 5.75 Å². The average molecular weight is 295 g/mol. The Bertz CT molecular complexity index is 472. The van der Waals surface area contributed by atoms with Gasteiger partial charge < -0.3 is 10.5 Å². The van der Waals surface area contributed by atoms with Gasteiger partial charge in [0.25, 0.3) is 0 Å². The number of ether oxygens (including phenoxy) is 1. The fourth-order valence-corrected chi connectivity index (χ4v) is 3.77. The molecule has 1 aromatic carbocycles. The van der Waals surface area contributed by atoms with Crippen LogP contribution >= 0.6 is 11.6 Å². The van der Waals surface area contributed by atoms with Crippen molar-refractivity contribution in [3.63, 3.8) is 0 Å². The number of nitrogens with zero attached hydrogens (tertiary/aromatic N) is 1. The second-order valence-corrected chi connectivity index (χ2v) is 6.29. The van der Waals surface area contributed by atoms with Gasteiger partial charge in [0.1, 0.15) is 5.75 Å². The third kappa shape index (κ3) is 2.95. The van der Waals surface area contributed by atoms with Crippen LogP contribution in [0.3, 0.4) is 0 Å². The maximum absolute atomic E-state index is 6.25. The smallest absolute Gasteiger partial charge is 0.127 e. The monoisotopic (exact) mass is 294 g/mol. The van der Waals surface area contributed by atoms with Crippen molar-refractivity contribution in [2.75, 3.05) is 19.7 Å². The SMILES string of the molecule is NCCN(Cc1cc(Cl)cc2c1OCC2)C1CCCC1. The predicted octanol–water partition coefficient (Wildman–Crippen LogP) is 2.98. The molecule has 110 valence electrons. The van der Waals surface area contributed by atoms with Crippen LogP contribution in [-0.2, 0) is 13.0 Å². The van der Waals surface area contributed by atoms with Crippen molar-refractivity contribution in [2.24, 2.45) is 5.73 Å². The van der Waals surface area contributed by atoms with E-state index in [4.69, 9.17) is 22.1 Å². The van der Waals surface area contributed by atoms with E-state index in [0.717, 1.165) is 36.9 Å². The van der Waals surface area contributed by atoms with Gasteiger partial charge >= 0.3 is 0 Å². The van der Waals surface area contributed by atoms with Gasteiger partial charge in [-0.1, -0.05) is 24.4 Å². The molecule has 1 saturated carbocycles. The first kappa shape index (κ1) is 14.2. The minimum absolute atomic E-state index is 0.676. The molecule has 20 heavy (non-hydrogen) atoms. The molecule has 0 radical (unpaired) electrons. The number of fused-ring (bicyclic) bond motifs is 1. The Kier molecular flexibility index (Phi) is 4.49. The summed E-state index contributed by atoms with van der Waals surface area (Å²) in [7, 11) is 0. The van der Waals surface area contributed by atoms with Crippen molar-refractivity contribution in [3.05, 3.63) is 28.3 Å². The van der Waals surface area contributed by atoms with Crippen LogP contribution in [0.2, 0.25) is 5.02 Å². The Morgan fingerprint density at radius 3 is 2.85 bits per heavy atom. The van der Waals surface area contributed by atoms with Gasteiger partial charge in [-0.2, -0.15) is 0 Å². The molecule has 0 amide bonds. The fourth-order valence-electron chi connectivity index (χ4n) is 3.51. The van der Waals surface area contributed by atoms with E-state index in [1.165, 1.54) is 36.8 Å². The van der Waals surface area contributed by atoms with Crippen LogP contribution in [0.25, 0.3) is 0 Å². The van der Waals surface area contributed by atoms with E-state index in [1.807, 2.05) is 6.07 Å². The summed E-state index contributed by atoms with van der Waals surface area (Å²) in [5, 5.41) is 0.823. The zero-order valence-electron chi connectivity index (χ0n) is 11.9. The highest BCUT2D eigenvalue weighted by Crippen LogP contribution is 2.35. The molecule has 0 saturated heterocycles. The molecule has 0 unspecified atom stereocenters. The molecule has 3 nitrogen and oxygen atoms in total. The number of hydrogen-bond acceptors (Lipinski definition) is 3. The van der Waals surface area contributed by atoms with E-state index in [0.29, 0.717) is 12.6 Å². The fraction of sp³-hybridized carbons (Fsp3) is 0.625. The standard InChI is InChI=1S/C16H23ClN2O/c17-14-9-12-5-8-20-16(12)13(10-14)11-19(7-6-18)15-3-1-2-4-15/h9-10,15H,1-8,11,18H2. The van der Waals surface area contributed by atoms with Crippen molar-refractivity contribution in [2.45, 2.75) is 44.7 Å². The minimum Gasteiger partial charge on any atom is -0.493 e. The molecular weight excluding hydrogens is 272 g/mol. The van der Waals surface area contributed by atoms with Crippen LogP contribution < -0.4 is 10.5 Å². The molecule has 3 rings (SSSR count). The zero-order valence-corrected chi connectivity index (χ0v) is 12.7. The predicted molar refractivity (Wildman–Crippen MR) is 82.4 cm³/mol. The summed E-state index contributed by atoms with van der Waals surface area (Å²) in [6, 6.07) is 4.77. The van der Waals surface area contributed by atoms with Crippen molar-refractivity contribution < 1.29 is 4.74 Å². The molecule has 1 aliphatic carbocycles. The summed E-state index contributed by atoms with van der Waals surface area (Å²) >= 11 is 6.25. The lowest BCUT2D eigenvalue weighted by atomic mass is 10.1. The minimum atomic E-state index is 0.676. The summed E-state index contributed by atoms with van der Waals surface area (Å²) in [5.74, 6) is 1.06. The third-order valence-corrected chi connectivity index (χ3v) is 4.67. The van der Waals surface area contributed by atoms with Gasteiger partial charge in [-0.15, -0.1) is 0 Å². The first-order valence-corrected chi connectivity index (χ1v) is 8.04. The molecule has 1 aliphatic heterocycles. The van der Waals surface area contributed by atoms with E-state index < -0.39 is 0 Å². The van der Waals surface area contributed by atoms with E-state index >= 15 is 0 Å². The largest absolute Gasteiger partial charge is 0.493 e. The maximum Gasteiger partial charge on any atom is 0.127 e. The summed E-state index contributed by atoms with van der Waals surface area (Å²) in [6.45, 7) is 3.35. The molecule has 1 fully saturated rings. The maximum atomic E-state index is 6.25. The Morgan fingerprint density at radius 2 is 2.10 bits per heavy atom. The highest BCUT2D eigenvalue weighted by molar-refractivity contribution is 6.30. The molecule has 2 N–H and O–H groups in total. The van der Waals surface area contributed by atoms with Gasteiger partial charge in [0.05, 0.1) is 6.61 Å². The van der Waals surface area contributed by atoms with Gasteiger partial charge in [0.2, 0.25) is 0 Å². The van der Waals surface area contributed by atoms with Crippen LogP contribution in [0, 0.1) is 0 Å². The Hall–Kier alpha value is -0.770. The van der Waals surface area contributed by atoms with Crippen molar-refractivity contribution in [1.29, 1.82) is 0 Å². The second-order valence-electron chi connectivity index (χ2n) is 5.85.